The first-order valence-corrected chi connectivity index (χ1v) is 7.62. The Hall–Kier alpha value is -2.28. The lowest BCUT2D eigenvalue weighted by Gasteiger charge is -2.23. The number of hydrogen-bond donors (Lipinski definition) is 3. The molecule has 2 fully saturated rings. The molecule has 1 atom stereocenters. The Morgan fingerprint density at radius 2 is 2.00 bits per heavy atom. The number of nitrogens with one attached hydrogen (secondary N) is 3. The first-order valence-electron chi connectivity index (χ1n) is 7.62. The van der Waals surface area contributed by atoms with Gasteiger partial charge in [-0.2, -0.15) is 5.21 Å². The molecule has 1 aromatic heterocycles. The molecule has 1 aromatic carbocycles. The first-order chi connectivity index (χ1) is 10.8. The molecule has 2 aromatic rings. The van der Waals surface area contributed by atoms with Gasteiger partial charge in [-0.25, -0.2) is 0 Å². The Kier molecular flexibility index (Phi) is 3.15. The number of piperidine rings is 1. The number of tetrazole rings is 1. The number of benzene rings is 1. The van der Waals surface area contributed by atoms with E-state index in [2.05, 4.69) is 31.3 Å². The maximum atomic E-state index is 12.4. The number of aromatic amines is 1. The molecule has 0 bridgehead atoms. The summed E-state index contributed by atoms with van der Waals surface area (Å²) in [5, 5.41) is 20.2. The summed E-state index contributed by atoms with van der Waals surface area (Å²) >= 11 is 0. The zero-order valence-electron chi connectivity index (χ0n) is 12.2. The molecule has 1 amide bonds. The van der Waals surface area contributed by atoms with Crippen LogP contribution in [0.15, 0.2) is 24.3 Å². The second-order valence-electron chi connectivity index (χ2n) is 6.17. The molecular weight excluding hydrogens is 280 g/mol. The third kappa shape index (κ3) is 2.37. The van der Waals surface area contributed by atoms with Crippen LogP contribution in [0.1, 0.15) is 19.3 Å². The number of aromatic nitrogens is 4. The van der Waals surface area contributed by atoms with E-state index in [9.17, 15) is 4.79 Å². The highest BCUT2D eigenvalue weighted by atomic mass is 16.2. The van der Waals surface area contributed by atoms with Crippen LogP contribution in [-0.2, 0) is 4.79 Å². The molecule has 4 rings (SSSR count). The monoisotopic (exact) mass is 298 g/mol. The summed E-state index contributed by atoms with van der Waals surface area (Å²) in [6.45, 7) is 2.06. The third-order valence-electron chi connectivity index (χ3n) is 4.86. The van der Waals surface area contributed by atoms with Crippen molar-refractivity contribution in [3.05, 3.63) is 24.3 Å². The zero-order valence-corrected chi connectivity index (χ0v) is 12.2. The van der Waals surface area contributed by atoms with Crippen molar-refractivity contribution in [2.75, 3.05) is 18.4 Å². The topological polar surface area (TPSA) is 95.6 Å². The van der Waals surface area contributed by atoms with Crippen molar-refractivity contribution in [3.63, 3.8) is 0 Å². The minimum atomic E-state index is 0.147. The SMILES string of the molecule is O=C(Nc1ccc(-c2nn[nH]n2)cc1)C1CC12CCNCC2. The molecule has 3 N–H and O–H groups in total. The Balaban J connectivity index is 1.40. The summed E-state index contributed by atoms with van der Waals surface area (Å²) in [4.78, 5) is 12.4. The smallest absolute Gasteiger partial charge is 0.228 e. The maximum Gasteiger partial charge on any atom is 0.228 e. The average molecular weight is 298 g/mol. The Labute approximate surface area is 127 Å². The van der Waals surface area contributed by atoms with Gasteiger partial charge in [0.25, 0.3) is 0 Å². The van der Waals surface area contributed by atoms with E-state index in [4.69, 9.17) is 0 Å². The molecular formula is C15H18N6O. The van der Waals surface area contributed by atoms with Crippen LogP contribution in [0, 0.1) is 11.3 Å². The van der Waals surface area contributed by atoms with Gasteiger partial charge in [0.2, 0.25) is 11.7 Å². The van der Waals surface area contributed by atoms with Crippen LogP contribution in [0.5, 0.6) is 0 Å². The average Bonchev–Trinajstić information content (AvgIpc) is 3.00. The zero-order chi connectivity index (χ0) is 15.0. The second kappa shape index (κ2) is 5.17. The molecule has 1 unspecified atom stereocenters. The number of carbonyl (C=O) groups excluding carboxylic acids is 1. The van der Waals surface area contributed by atoms with Gasteiger partial charge >= 0.3 is 0 Å². The summed E-state index contributed by atoms with van der Waals surface area (Å²) in [5.74, 6) is 0.870. The molecule has 1 spiro atoms. The van der Waals surface area contributed by atoms with Gasteiger partial charge < -0.3 is 10.6 Å². The molecule has 1 aliphatic carbocycles. The number of rotatable bonds is 3. The molecule has 1 aliphatic heterocycles. The first kappa shape index (κ1) is 13.4. The number of H-pyrrole nitrogens is 1. The van der Waals surface area contributed by atoms with Gasteiger partial charge in [0, 0.05) is 17.2 Å². The molecule has 2 heterocycles. The summed E-state index contributed by atoms with van der Waals surface area (Å²) < 4.78 is 0. The van der Waals surface area contributed by atoms with E-state index in [1.54, 1.807) is 0 Å². The van der Waals surface area contributed by atoms with Gasteiger partial charge in [0.1, 0.15) is 0 Å². The standard InChI is InChI=1S/C15H18N6O/c22-14(12-9-15(12)5-7-16-8-6-15)17-11-3-1-10(2-4-11)13-18-20-21-19-13/h1-4,12,16H,5-9H2,(H,17,22)(H,18,19,20,21). The van der Waals surface area contributed by atoms with Crippen molar-refractivity contribution >= 4 is 11.6 Å². The van der Waals surface area contributed by atoms with Crippen LogP contribution in [0.25, 0.3) is 11.4 Å². The molecule has 1 saturated carbocycles. The van der Waals surface area contributed by atoms with E-state index < -0.39 is 0 Å². The number of carbonyl (C=O) groups is 1. The van der Waals surface area contributed by atoms with Crippen LogP contribution in [0.2, 0.25) is 0 Å². The molecule has 0 radical (unpaired) electrons. The number of hydrogen-bond acceptors (Lipinski definition) is 5. The normalized spacial score (nSPS) is 22.5. The number of anilines is 1. The van der Waals surface area contributed by atoms with Crippen LogP contribution in [0.3, 0.4) is 0 Å². The lowest BCUT2D eigenvalue weighted by molar-refractivity contribution is -0.118. The van der Waals surface area contributed by atoms with Crippen molar-refractivity contribution in [2.24, 2.45) is 11.3 Å². The molecule has 2 aliphatic rings. The minimum Gasteiger partial charge on any atom is -0.326 e. The Bertz CT molecular complexity index is 660. The van der Waals surface area contributed by atoms with Gasteiger partial charge in [-0.1, -0.05) is 0 Å². The van der Waals surface area contributed by atoms with E-state index in [0.717, 1.165) is 43.6 Å². The molecule has 1 saturated heterocycles. The van der Waals surface area contributed by atoms with Crippen molar-refractivity contribution in [3.8, 4) is 11.4 Å². The van der Waals surface area contributed by atoms with Gasteiger partial charge in [-0.15, -0.1) is 10.2 Å². The van der Waals surface area contributed by atoms with E-state index in [1.165, 1.54) is 0 Å². The summed E-state index contributed by atoms with van der Waals surface area (Å²) in [6.07, 6.45) is 3.26. The van der Waals surface area contributed by atoms with Crippen LogP contribution in [0.4, 0.5) is 5.69 Å². The van der Waals surface area contributed by atoms with Crippen molar-refractivity contribution in [1.82, 2.24) is 25.9 Å². The highest BCUT2D eigenvalue weighted by Crippen LogP contribution is 2.58. The Morgan fingerprint density at radius 1 is 1.23 bits per heavy atom. The van der Waals surface area contributed by atoms with E-state index in [0.29, 0.717) is 5.82 Å². The molecule has 114 valence electrons. The fourth-order valence-corrected chi connectivity index (χ4v) is 3.41. The van der Waals surface area contributed by atoms with Crippen LogP contribution >= 0.6 is 0 Å². The van der Waals surface area contributed by atoms with Crippen molar-refractivity contribution in [2.45, 2.75) is 19.3 Å². The summed E-state index contributed by atoms with van der Waals surface area (Å²) in [7, 11) is 0. The fourth-order valence-electron chi connectivity index (χ4n) is 3.41. The molecule has 7 nitrogen and oxygen atoms in total. The van der Waals surface area contributed by atoms with Crippen LogP contribution < -0.4 is 10.6 Å². The van der Waals surface area contributed by atoms with E-state index >= 15 is 0 Å². The summed E-state index contributed by atoms with van der Waals surface area (Å²) in [5.41, 5.74) is 1.95. The van der Waals surface area contributed by atoms with Gasteiger partial charge in [-0.05, 0) is 67.2 Å². The quantitative estimate of drug-likeness (QED) is 0.791. The molecule has 7 heteroatoms. The van der Waals surface area contributed by atoms with E-state index in [1.807, 2.05) is 24.3 Å². The lowest BCUT2D eigenvalue weighted by Crippen LogP contribution is -2.31. The van der Waals surface area contributed by atoms with Crippen molar-refractivity contribution in [1.29, 1.82) is 0 Å². The Morgan fingerprint density at radius 3 is 2.68 bits per heavy atom. The minimum absolute atomic E-state index is 0.147. The summed E-state index contributed by atoms with van der Waals surface area (Å²) in [6, 6.07) is 7.52. The highest BCUT2D eigenvalue weighted by molar-refractivity contribution is 5.95. The maximum absolute atomic E-state index is 12.4. The highest BCUT2D eigenvalue weighted by Gasteiger charge is 2.57. The fraction of sp³-hybridized carbons (Fsp3) is 0.467. The predicted molar refractivity (Wildman–Crippen MR) is 80.9 cm³/mol. The lowest BCUT2D eigenvalue weighted by atomic mass is 9.92. The van der Waals surface area contributed by atoms with Crippen LogP contribution in [-0.4, -0.2) is 39.6 Å². The second-order valence-corrected chi connectivity index (χ2v) is 6.17. The van der Waals surface area contributed by atoms with E-state index in [-0.39, 0.29) is 17.2 Å². The van der Waals surface area contributed by atoms with Crippen molar-refractivity contribution < 1.29 is 4.79 Å². The number of nitrogens with zero attached hydrogens (tertiary/aromatic N) is 3. The molecule has 22 heavy (non-hydrogen) atoms. The predicted octanol–water partition coefficient (Wildman–Crippen LogP) is 1.19. The van der Waals surface area contributed by atoms with Gasteiger partial charge in [0.05, 0.1) is 0 Å². The van der Waals surface area contributed by atoms with Gasteiger partial charge in [-0.3, -0.25) is 4.79 Å². The third-order valence-corrected chi connectivity index (χ3v) is 4.86. The largest absolute Gasteiger partial charge is 0.326 e. The number of amides is 1. The van der Waals surface area contributed by atoms with Gasteiger partial charge in [0.15, 0.2) is 0 Å².